The standard InChI is InChI=1S/C23H22BrN3O4/c1-15-12-18(13-25-26-22(28)14-31-21-7-5-4-6-20(21)24)16(2)27(15)19-10-8-17(9-11-19)23(29)30-3/h4-13H,14H2,1-3H3,(H,26,28)/b25-13-. The van der Waals surface area contributed by atoms with Gasteiger partial charge in [0.05, 0.1) is 23.4 Å². The van der Waals surface area contributed by atoms with E-state index in [0.717, 1.165) is 27.1 Å². The van der Waals surface area contributed by atoms with Crippen LogP contribution >= 0.6 is 15.9 Å². The molecule has 3 aromatic rings. The Bertz CT molecular complexity index is 1120. The summed E-state index contributed by atoms with van der Waals surface area (Å²) in [5.74, 6) is -0.151. The van der Waals surface area contributed by atoms with E-state index in [1.54, 1.807) is 24.4 Å². The van der Waals surface area contributed by atoms with Crippen LogP contribution in [0.2, 0.25) is 0 Å². The topological polar surface area (TPSA) is 81.9 Å². The van der Waals surface area contributed by atoms with Gasteiger partial charge in [0.2, 0.25) is 0 Å². The van der Waals surface area contributed by atoms with E-state index in [9.17, 15) is 9.59 Å². The SMILES string of the molecule is COC(=O)c1ccc(-n2c(C)cc(/C=N\NC(=O)COc3ccccc3Br)c2C)cc1. The van der Waals surface area contributed by atoms with Crippen LogP contribution in [0.25, 0.3) is 5.69 Å². The predicted molar refractivity (Wildman–Crippen MR) is 122 cm³/mol. The van der Waals surface area contributed by atoms with Crippen LogP contribution in [0.4, 0.5) is 0 Å². The zero-order valence-corrected chi connectivity index (χ0v) is 19.0. The molecule has 0 saturated carbocycles. The van der Waals surface area contributed by atoms with Gasteiger partial charge in [0.25, 0.3) is 5.91 Å². The zero-order valence-electron chi connectivity index (χ0n) is 17.4. The van der Waals surface area contributed by atoms with Crippen LogP contribution in [-0.2, 0) is 9.53 Å². The number of esters is 1. The van der Waals surface area contributed by atoms with Gasteiger partial charge >= 0.3 is 5.97 Å². The lowest BCUT2D eigenvalue weighted by Gasteiger charge is -2.10. The Kier molecular flexibility index (Phi) is 7.25. The predicted octanol–water partition coefficient (Wildman–Crippen LogP) is 4.17. The average Bonchev–Trinajstić information content (AvgIpc) is 3.05. The normalized spacial score (nSPS) is 10.8. The minimum absolute atomic E-state index is 0.147. The number of aryl methyl sites for hydroxylation is 1. The fourth-order valence-electron chi connectivity index (χ4n) is 3.09. The second kappa shape index (κ2) is 10.1. The summed E-state index contributed by atoms with van der Waals surface area (Å²) in [6, 6.07) is 16.4. The van der Waals surface area contributed by atoms with Crippen LogP contribution in [0.15, 0.2) is 64.2 Å². The Hall–Kier alpha value is -3.39. The number of para-hydroxylation sites is 1. The van der Waals surface area contributed by atoms with Crippen molar-refractivity contribution in [3.63, 3.8) is 0 Å². The summed E-state index contributed by atoms with van der Waals surface area (Å²) in [5.41, 5.74) is 6.68. The van der Waals surface area contributed by atoms with Gasteiger partial charge in [-0.15, -0.1) is 0 Å². The molecule has 0 spiro atoms. The summed E-state index contributed by atoms with van der Waals surface area (Å²) in [6.07, 6.45) is 1.60. The number of amides is 1. The Labute approximate surface area is 188 Å². The monoisotopic (exact) mass is 483 g/mol. The molecule has 0 unspecified atom stereocenters. The number of hydrogen-bond donors (Lipinski definition) is 1. The third kappa shape index (κ3) is 5.40. The first-order chi connectivity index (χ1) is 14.9. The lowest BCUT2D eigenvalue weighted by molar-refractivity contribution is -0.123. The van der Waals surface area contributed by atoms with Gasteiger partial charge in [-0.2, -0.15) is 5.10 Å². The van der Waals surface area contributed by atoms with Gasteiger partial charge in [-0.25, -0.2) is 10.2 Å². The molecule has 1 heterocycles. The molecule has 8 heteroatoms. The van der Waals surface area contributed by atoms with Crippen molar-refractivity contribution in [2.24, 2.45) is 5.10 Å². The summed E-state index contributed by atoms with van der Waals surface area (Å²) in [5, 5.41) is 4.04. The molecule has 2 aromatic carbocycles. The van der Waals surface area contributed by atoms with Crippen LogP contribution in [0.1, 0.15) is 27.3 Å². The van der Waals surface area contributed by atoms with Crippen molar-refractivity contribution in [1.82, 2.24) is 9.99 Å². The molecule has 0 aliphatic rings. The van der Waals surface area contributed by atoms with Gasteiger partial charge in [0, 0.05) is 22.6 Å². The molecular weight excluding hydrogens is 462 g/mol. The first-order valence-corrected chi connectivity index (χ1v) is 10.3. The summed E-state index contributed by atoms with van der Waals surface area (Å²) >= 11 is 3.37. The number of hydrogen-bond acceptors (Lipinski definition) is 5. The maximum atomic E-state index is 12.0. The Morgan fingerprint density at radius 1 is 1.13 bits per heavy atom. The number of rotatable bonds is 7. The van der Waals surface area contributed by atoms with Crippen LogP contribution in [-0.4, -0.2) is 36.4 Å². The van der Waals surface area contributed by atoms with Crippen molar-refractivity contribution in [2.75, 3.05) is 13.7 Å². The van der Waals surface area contributed by atoms with E-state index in [1.807, 2.05) is 54.8 Å². The van der Waals surface area contributed by atoms with E-state index >= 15 is 0 Å². The van der Waals surface area contributed by atoms with Crippen molar-refractivity contribution in [3.05, 3.63) is 81.6 Å². The highest BCUT2D eigenvalue weighted by atomic mass is 79.9. The molecule has 0 atom stereocenters. The maximum Gasteiger partial charge on any atom is 0.337 e. The Morgan fingerprint density at radius 2 is 1.84 bits per heavy atom. The molecule has 1 amide bonds. The van der Waals surface area contributed by atoms with Gasteiger partial charge < -0.3 is 14.0 Å². The van der Waals surface area contributed by atoms with Crippen LogP contribution in [0.5, 0.6) is 5.75 Å². The number of aromatic nitrogens is 1. The summed E-state index contributed by atoms with van der Waals surface area (Å²) < 4.78 is 13.0. The van der Waals surface area contributed by atoms with Crippen molar-refractivity contribution >= 4 is 34.0 Å². The smallest absolute Gasteiger partial charge is 0.337 e. The third-order valence-electron chi connectivity index (χ3n) is 4.61. The number of methoxy groups -OCH3 is 1. The van der Waals surface area contributed by atoms with Crippen LogP contribution in [0.3, 0.4) is 0 Å². The lowest BCUT2D eigenvalue weighted by Crippen LogP contribution is -2.24. The number of ether oxygens (including phenoxy) is 2. The maximum absolute atomic E-state index is 12.0. The number of nitrogens with one attached hydrogen (secondary N) is 1. The van der Waals surface area contributed by atoms with Gasteiger partial charge in [0.1, 0.15) is 5.75 Å². The fourth-order valence-corrected chi connectivity index (χ4v) is 3.49. The van der Waals surface area contributed by atoms with Gasteiger partial charge in [-0.3, -0.25) is 4.79 Å². The molecular formula is C23H22BrN3O4. The molecule has 0 aliphatic heterocycles. The molecule has 1 N–H and O–H groups in total. The highest BCUT2D eigenvalue weighted by Gasteiger charge is 2.11. The number of halogens is 1. The van der Waals surface area contributed by atoms with Gasteiger partial charge in [-0.1, -0.05) is 12.1 Å². The first kappa shape index (κ1) is 22.3. The van der Waals surface area contributed by atoms with E-state index in [1.165, 1.54) is 7.11 Å². The van der Waals surface area contributed by atoms with Crippen molar-refractivity contribution in [3.8, 4) is 11.4 Å². The Balaban J connectivity index is 1.65. The highest BCUT2D eigenvalue weighted by Crippen LogP contribution is 2.23. The third-order valence-corrected chi connectivity index (χ3v) is 5.26. The fraction of sp³-hybridized carbons (Fsp3) is 0.174. The minimum Gasteiger partial charge on any atom is -0.483 e. The summed E-state index contributed by atoms with van der Waals surface area (Å²) in [4.78, 5) is 23.6. The van der Waals surface area contributed by atoms with Gasteiger partial charge in [-0.05, 0) is 72.2 Å². The molecule has 0 aliphatic carbocycles. The molecule has 31 heavy (non-hydrogen) atoms. The van der Waals surface area contributed by atoms with E-state index in [0.29, 0.717) is 11.3 Å². The van der Waals surface area contributed by atoms with Gasteiger partial charge in [0.15, 0.2) is 6.61 Å². The quantitative estimate of drug-likeness (QED) is 0.310. The average molecular weight is 484 g/mol. The molecule has 1 aromatic heterocycles. The lowest BCUT2D eigenvalue weighted by atomic mass is 10.2. The number of carbonyl (C=O) groups is 2. The van der Waals surface area contributed by atoms with E-state index in [4.69, 9.17) is 9.47 Å². The molecule has 0 bridgehead atoms. The zero-order chi connectivity index (χ0) is 22.4. The van der Waals surface area contributed by atoms with Crippen molar-refractivity contribution in [1.29, 1.82) is 0 Å². The van der Waals surface area contributed by atoms with Crippen LogP contribution < -0.4 is 10.2 Å². The van der Waals surface area contributed by atoms with Crippen molar-refractivity contribution < 1.29 is 19.1 Å². The molecule has 3 rings (SSSR count). The molecule has 7 nitrogen and oxygen atoms in total. The number of benzene rings is 2. The second-order valence-corrected chi connectivity index (χ2v) is 7.57. The second-order valence-electron chi connectivity index (χ2n) is 6.71. The Morgan fingerprint density at radius 3 is 2.52 bits per heavy atom. The van der Waals surface area contributed by atoms with E-state index < -0.39 is 0 Å². The molecule has 0 radical (unpaired) electrons. The number of carbonyl (C=O) groups excluding carboxylic acids is 2. The molecule has 160 valence electrons. The van der Waals surface area contributed by atoms with Crippen molar-refractivity contribution in [2.45, 2.75) is 13.8 Å². The summed E-state index contributed by atoms with van der Waals surface area (Å²) in [7, 11) is 1.35. The molecule has 0 fully saturated rings. The van der Waals surface area contributed by atoms with Crippen LogP contribution in [0, 0.1) is 13.8 Å². The minimum atomic E-state index is -0.375. The first-order valence-electron chi connectivity index (χ1n) is 9.47. The highest BCUT2D eigenvalue weighted by molar-refractivity contribution is 9.10. The number of nitrogens with zero attached hydrogens (tertiary/aromatic N) is 2. The molecule has 0 saturated heterocycles. The summed E-state index contributed by atoms with van der Waals surface area (Å²) in [6.45, 7) is 3.79. The van der Waals surface area contributed by atoms with E-state index in [2.05, 4.69) is 26.5 Å². The number of hydrazone groups is 1. The largest absolute Gasteiger partial charge is 0.483 e. The van der Waals surface area contributed by atoms with E-state index in [-0.39, 0.29) is 18.5 Å².